The molecule has 1 saturated heterocycles. The molecule has 0 radical (unpaired) electrons. The fourth-order valence-electron chi connectivity index (χ4n) is 4.68. The molecule has 1 aliphatic heterocycles. The third-order valence-corrected chi connectivity index (χ3v) is 6.59. The van der Waals surface area contributed by atoms with Gasteiger partial charge in [-0.3, -0.25) is 14.5 Å². The summed E-state index contributed by atoms with van der Waals surface area (Å²) in [6, 6.07) is 22.3. The minimum atomic E-state index is -0.106. The summed E-state index contributed by atoms with van der Waals surface area (Å²) in [4.78, 5) is 30.3. The number of amides is 2. The maximum absolute atomic E-state index is 13.3. The molecular weight excluding hydrogens is 438 g/mol. The number of hydrogen-bond donors (Lipinski definition) is 1. The number of likely N-dealkylation sites (tertiary alicyclic amines) is 1. The summed E-state index contributed by atoms with van der Waals surface area (Å²) in [5.74, 6) is 1.21. The molecule has 184 valence electrons. The van der Waals surface area contributed by atoms with Crippen molar-refractivity contribution in [2.45, 2.75) is 52.2 Å². The second kappa shape index (κ2) is 11.8. The highest BCUT2D eigenvalue weighted by atomic mass is 16.3. The van der Waals surface area contributed by atoms with Crippen molar-refractivity contribution in [2.24, 2.45) is 0 Å². The Morgan fingerprint density at radius 2 is 1.60 bits per heavy atom. The van der Waals surface area contributed by atoms with Crippen molar-refractivity contribution >= 4 is 11.8 Å². The van der Waals surface area contributed by atoms with Gasteiger partial charge in [0, 0.05) is 45.2 Å². The van der Waals surface area contributed by atoms with Crippen LogP contribution in [0, 0.1) is 13.8 Å². The van der Waals surface area contributed by atoms with Crippen LogP contribution >= 0.6 is 0 Å². The van der Waals surface area contributed by atoms with Gasteiger partial charge in [-0.1, -0.05) is 60.7 Å². The van der Waals surface area contributed by atoms with E-state index in [1.807, 2.05) is 43.3 Å². The predicted octanol–water partition coefficient (Wildman–Crippen LogP) is 4.71. The molecule has 1 N–H and O–H groups in total. The average molecular weight is 474 g/mol. The van der Waals surface area contributed by atoms with Crippen LogP contribution in [-0.2, 0) is 17.9 Å². The van der Waals surface area contributed by atoms with Crippen LogP contribution in [0.2, 0.25) is 0 Å². The quantitative estimate of drug-likeness (QED) is 0.489. The molecule has 1 aromatic heterocycles. The Hall–Kier alpha value is -3.38. The summed E-state index contributed by atoms with van der Waals surface area (Å²) in [7, 11) is 0. The first kappa shape index (κ1) is 24.7. The summed E-state index contributed by atoms with van der Waals surface area (Å²) in [5, 5.41) is 3.19. The zero-order valence-electron chi connectivity index (χ0n) is 20.7. The van der Waals surface area contributed by atoms with Crippen LogP contribution in [0.1, 0.15) is 52.3 Å². The zero-order chi connectivity index (χ0) is 24.6. The van der Waals surface area contributed by atoms with E-state index >= 15 is 0 Å². The van der Waals surface area contributed by atoms with E-state index in [4.69, 9.17) is 4.42 Å². The number of aryl methyl sites for hydroxylation is 2. The Morgan fingerprint density at radius 3 is 2.20 bits per heavy atom. The highest BCUT2D eigenvalue weighted by Gasteiger charge is 2.24. The summed E-state index contributed by atoms with van der Waals surface area (Å²) < 4.78 is 5.58. The number of piperidine rings is 1. The molecule has 0 spiro atoms. The van der Waals surface area contributed by atoms with Crippen LogP contribution in [0.25, 0.3) is 0 Å². The monoisotopic (exact) mass is 473 g/mol. The third-order valence-electron chi connectivity index (χ3n) is 6.59. The molecular formula is C29H35N3O3. The van der Waals surface area contributed by atoms with E-state index in [-0.39, 0.29) is 24.3 Å². The van der Waals surface area contributed by atoms with Crippen molar-refractivity contribution in [3.8, 4) is 0 Å². The van der Waals surface area contributed by atoms with E-state index < -0.39 is 0 Å². The third kappa shape index (κ3) is 7.06. The molecule has 1 aliphatic rings. The first-order valence-corrected chi connectivity index (χ1v) is 12.4. The lowest BCUT2D eigenvalue weighted by molar-refractivity contribution is -0.122. The molecule has 2 aromatic carbocycles. The normalized spacial score (nSPS) is 14.6. The number of carbonyl (C=O) groups is 2. The number of nitrogens with one attached hydrogen (secondary N) is 1. The number of carbonyl (C=O) groups excluding carboxylic acids is 2. The lowest BCUT2D eigenvalue weighted by atomic mass is 10.0. The molecule has 6 nitrogen and oxygen atoms in total. The lowest BCUT2D eigenvalue weighted by Gasteiger charge is -2.32. The van der Waals surface area contributed by atoms with Crippen LogP contribution in [0.3, 0.4) is 0 Å². The van der Waals surface area contributed by atoms with Crippen LogP contribution in [-0.4, -0.2) is 47.3 Å². The van der Waals surface area contributed by atoms with Crippen LogP contribution in [0.15, 0.2) is 71.1 Å². The van der Waals surface area contributed by atoms with Gasteiger partial charge < -0.3 is 14.6 Å². The molecule has 0 bridgehead atoms. The highest BCUT2D eigenvalue weighted by molar-refractivity contribution is 5.95. The van der Waals surface area contributed by atoms with E-state index in [0.29, 0.717) is 30.2 Å². The molecule has 35 heavy (non-hydrogen) atoms. The van der Waals surface area contributed by atoms with Gasteiger partial charge in [0.1, 0.15) is 11.5 Å². The number of nitrogens with zero attached hydrogens (tertiary/aromatic N) is 2. The van der Waals surface area contributed by atoms with Crippen molar-refractivity contribution < 1.29 is 14.0 Å². The van der Waals surface area contributed by atoms with E-state index in [2.05, 4.69) is 34.5 Å². The van der Waals surface area contributed by atoms with Gasteiger partial charge in [-0.2, -0.15) is 0 Å². The van der Waals surface area contributed by atoms with Crippen LogP contribution in [0.4, 0.5) is 0 Å². The minimum Gasteiger partial charge on any atom is -0.466 e. The Bertz CT molecular complexity index is 1100. The number of rotatable bonds is 9. The average Bonchev–Trinajstić information content (AvgIpc) is 3.21. The number of benzene rings is 2. The van der Waals surface area contributed by atoms with Crippen molar-refractivity contribution in [3.05, 3.63) is 94.9 Å². The van der Waals surface area contributed by atoms with Gasteiger partial charge in [0.15, 0.2) is 0 Å². The lowest BCUT2D eigenvalue weighted by Crippen LogP contribution is -2.45. The van der Waals surface area contributed by atoms with Crippen LogP contribution < -0.4 is 5.32 Å². The van der Waals surface area contributed by atoms with Gasteiger partial charge in [0.2, 0.25) is 5.91 Å². The van der Waals surface area contributed by atoms with E-state index in [9.17, 15) is 9.59 Å². The van der Waals surface area contributed by atoms with Gasteiger partial charge in [-0.25, -0.2) is 0 Å². The minimum absolute atomic E-state index is 0.00235. The van der Waals surface area contributed by atoms with Crippen LogP contribution in [0.5, 0.6) is 0 Å². The van der Waals surface area contributed by atoms with E-state index in [1.54, 1.807) is 17.9 Å². The number of hydrogen-bond acceptors (Lipinski definition) is 4. The summed E-state index contributed by atoms with van der Waals surface area (Å²) >= 11 is 0. The van der Waals surface area contributed by atoms with Crippen molar-refractivity contribution in [1.29, 1.82) is 0 Å². The number of furan rings is 1. The first-order chi connectivity index (χ1) is 17.0. The van der Waals surface area contributed by atoms with Crippen molar-refractivity contribution in [3.63, 3.8) is 0 Å². The Balaban J connectivity index is 1.29. The SMILES string of the molecule is Cc1cc(C(=O)N(CCC(=O)NC2CCN(Cc3ccccc3)CC2)Cc2ccccc2)c(C)o1. The molecule has 0 saturated carbocycles. The van der Waals surface area contributed by atoms with Gasteiger partial charge in [-0.05, 0) is 43.9 Å². The standard InChI is InChI=1S/C29H35N3O3/c1-22-19-27(23(2)35-22)29(34)32(21-25-11-7-4-8-12-25)18-15-28(33)30-26-13-16-31(17-14-26)20-24-9-5-3-6-10-24/h3-12,19,26H,13-18,20-21H2,1-2H3,(H,30,33). The second-order valence-electron chi connectivity index (χ2n) is 9.39. The smallest absolute Gasteiger partial charge is 0.257 e. The second-order valence-corrected chi connectivity index (χ2v) is 9.39. The van der Waals surface area contributed by atoms with Gasteiger partial charge in [0.05, 0.1) is 5.56 Å². The molecule has 3 aromatic rings. The van der Waals surface area contributed by atoms with E-state index in [0.717, 1.165) is 38.0 Å². The zero-order valence-corrected chi connectivity index (χ0v) is 20.7. The largest absolute Gasteiger partial charge is 0.466 e. The Kier molecular flexibility index (Phi) is 8.37. The topological polar surface area (TPSA) is 65.8 Å². The van der Waals surface area contributed by atoms with Crippen molar-refractivity contribution in [1.82, 2.24) is 15.1 Å². The van der Waals surface area contributed by atoms with Gasteiger partial charge >= 0.3 is 0 Å². The summed E-state index contributed by atoms with van der Waals surface area (Å²) in [6.45, 7) is 7.34. The highest BCUT2D eigenvalue weighted by Crippen LogP contribution is 2.18. The van der Waals surface area contributed by atoms with Crippen molar-refractivity contribution in [2.75, 3.05) is 19.6 Å². The van der Waals surface area contributed by atoms with E-state index in [1.165, 1.54) is 5.56 Å². The fraction of sp³-hybridized carbons (Fsp3) is 0.379. The molecule has 0 unspecified atom stereocenters. The Labute approximate surface area is 207 Å². The predicted molar refractivity (Wildman–Crippen MR) is 137 cm³/mol. The molecule has 0 aliphatic carbocycles. The molecule has 1 fully saturated rings. The summed E-state index contributed by atoms with van der Waals surface area (Å²) in [6.07, 6.45) is 2.16. The summed E-state index contributed by atoms with van der Waals surface area (Å²) in [5.41, 5.74) is 2.91. The molecule has 6 heteroatoms. The first-order valence-electron chi connectivity index (χ1n) is 12.4. The van der Waals surface area contributed by atoms with Gasteiger partial charge in [0.25, 0.3) is 5.91 Å². The molecule has 2 heterocycles. The van der Waals surface area contributed by atoms with Gasteiger partial charge in [-0.15, -0.1) is 0 Å². The Morgan fingerprint density at radius 1 is 0.971 bits per heavy atom. The molecule has 2 amide bonds. The molecule has 0 atom stereocenters. The fourth-order valence-corrected chi connectivity index (χ4v) is 4.68. The molecule has 4 rings (SSSR count). The maximum Gasteiger partial charge on any atom is 0.257 e. The maximum atomic E-state index is 13.3.